The summed E-state index contributed by atoms with van der Waals surface area (Å²) in [7, 11) is -1.95. The van der Waals surface area contributed by atoms with E-state index in [1.54, 1.807) is 12.1 Å². The summed E-state index contributed by atoms with van der Waals surface area (Å²) in [4.78, 5) is 0.612. The average Bonchev–Trinajstić information content (AvgIpc) is 2.30. The summed E-state index contributed by atoms with van der Waals surface area (Å²) in [5, 5.41) is 0. The lowest BCUT2D eigenvalue weighted by atomic mass is 9.94. The van der Waals surface area contributed by atoms with Crippen LogP contribution in [0.5, 0.6) is 0 Å². The van der Waals surface area contributed by atoms with Crippen LogP contribution in [0.25, 0.3) is 0 Å². The molecule has 3 nitrogen and oxygen atoms in total. The molecule has 1 aromatic rings. The summed E-state index contributed by atoms with van der Waals surface area (Å²) >= 11 is 3.55. The Morgan fingerprint density at radius 1 is 1.35 bits per heavy atom. The van der Waals surface area contributed by atoms with Crippen LogP contribution in [-0.4, -0.2) is 20.3 Å². The first-order chi connectivity index (χ1) is 7.94. The summed E-state index contributed by atoms with van der Waals surface area (Å²) < 4.78 is 26.2. The summed E-state index contributed by atoms with van der Waals surface area (Å²) in [6.45, 7) is 4.10. The molecule has 0 aromatic heterocycles. The Balaban J connectivity index is 3.35. The SMILES string of the molecule is CCC(c1ccccc1S(=O)(=O)NC)C(C)Br. The quantitative estimate of drug-likeness (QED) is 0.848. The van der Waals surface area contributed by atoms with Gasteiger partial charge in [-0.25, -0.2) is 13.1 Å². The van der Waals surface area contributed by atoms with Crippen LogP contribution in [0.3, 0.4) is 0 Å². The molecule has 0 aliphatic rings. The molecule has 1 N–H and O–H groups in total. The number of rotatable bonds is 5. The first-order valence-corrected chi connectivity index (χ1v) is 8.00. The number of alkyl halides is 1. The van der Waals surface area contributed by atoms with Gasteiger partial charge in [0.25, 0.3) is 0 Å². The fourth-order valence-electron chi connectivity index (χ4n) is 1.93. The number of nitrogens with one attached hydrogen (secondary N) is 1. The lowest BCUT2D eigenvalue weighted by Gasteiger charge is -2.21. The van der Waals surface area contributed by atoms with Gasteiger partial charge in [-0.1, -0.05) is 48.0 Å². The van der Waals surface area contributed by atoms with Gasteiger partial charge in [0.05, 0.1) is 4.90 Å². The monoisotopic (exact) mass is 319 g/mol. The number of benzene rings is 1. The molecule has 2 atom stereocenters. The predicted octanol–water partition coefficient (Wildman–Crippen LogP) is 2.87. The van der Waals surface area contributed by atoms with Crippen molar-refractivity contribution in [2.75, 3.05) is 7.05 Å². The molecule has 0 spiro atoms. The molecule has 96 valence electrons. The van der Waals surface area contributed by atoms with Gasteiger partial charge in [-0.2, -0.15) is 0 Å². The van der Waals surface area contributed by atoms with E-state index in [0.717, 1.165) is 12.0 Å². The van der Waals surface area contributed by atoms with Gasteiger partial charge in [0.1, 0.15) is 0 Å². The van der Waals surface area contributed by atoms with Gasteiger partial charge in [-0.15, -0.1) is 0 Å². The highest BCUT2D eigenvalue weighted by atomic mass is 79.9. The van der Waals surface area contributed by atoms with E-state index in [9.17, 15) is 8.42 Å². The zero-order chi connectivity index (χ0) is 13.1. The van der Waals surface area contributed by atoms with E-state index in [-0.39, 0.29) is 10.7 Å². The van der Waals surface area contributed by atoms with Gasteiger partial charge in [0, 0.05) is 4.83 Å². The summed E-state index contributed by atoms with van der Waals surface area (Å²) in [6.07, 6.45) is 0.892. The predicted molar refractivity (Wildman–Crippen MR) is 74.1 cm³/mol. The Kier molecular flexibility index (Phi) is 5.16. The van der Waals surface area contributed by atoms with Crippen LogP contribution in [0.15, 0.2) is 29.2 Å². The van der Waals surface area contributed by atoms with E-state index < -0.39 is 10.0 Å². The van der Waals surface area contributed by atoms with Crippen molar-refractivity contribution in [3.8, 4) is 0 Å². The van der Waals surface area contributed by atoms with Crippen molar-refractivity contribution in [3.63, 3.8) is 0 Å². The molecule has 1 rings (SSSR count). The maximum absolute atomic E-state index is 11.9. The van der Waals surface area contributed by atoms with E-state index >= 15 is 0 Å². The Morgan fingerprint density at radius 2 is 1.94 bits per heavy atom. The minimum atomic E-state index is -3.39. The highest BCUT2D eigenvalue weighted by Crippen LogP contribution is 2.32. The maximum Gasteiger partial charge on any atom is 0.240 e. The molecular weight excluding hydrogens is 302 g/mol. The third kappa shape index (κ3) is 3.30. The average molecular weight is 320 g/mol. The second kappa shape index (κ2) is 5.98. The van der Waals surface area contributed by atoms with Crippen molar-refractivity contribution in [2.24, 2.45) is 0 Å². The minimum Gasteiger partial charge on any atom is -0.214 e. The van der Waals surface area contributed by atoms with Crippen LogP contribution in [0.1, 0.15) is 31.7 Å². The molecule has 1 aromatic carbocycles. The second-order valence-electron chi connectivity index (χ2n) is 3.94. The zero-order valence-corrected chi connectivity index (χ0v) is 12.7. The van der Waals surface area contributed by atoms with Gasteiger partial charge in [-0.3, -0.25) is 0 Å². The summed E-state index contributed by atoms with van der Waals surface area (Å²) in [6, 6.07) is 7.16. The summed E-state index contributed by atoms with van der Waals surface area (Å²) in [5.74, 6) is 0.189. The van der Waals surface area contributed by atoms with E-state index in [4.69, 9.17) is 0 Å². The molecule has 17 heavy (non-hydrogen) atoms. The molecular formula is C12H18BrNO2S. The van der Waals surface area contributed by atoms with Crippen molar-refractivity contribution in [1.29, 1.82) is 0 Å². The summed E-state index contributed by atoms with van der Waals surface area (Å²) in [5.41, 5.74) is 0.869. The minimum absolute atomic E-state index is 0.189. The topological polar surface area (TPSA) is 46.2 Å². The third-order valence-corrected chi connectivity index (χ3v) is 5.00. The van der Waals surface area contributed by atoms with Crippen molar-refractivity contribution in [3.05, 3.63) is 29.8 Å². The molecule has 0 fully saturated rings. The molecule has 0 heterocycles. The van der Waals surface area contributed by atoms with Crippen LogP contribution < -0.4 is 4.72 Å². The van der Waals surface area contributed by atoms with Crippen molar-refractivity contribution in [2.45, 2.75) is 35.9 Å². The molecule has 0 saturated heterocycles. The molecule has 0 aliphatic carbocycles. The first-order valence-electron chi connectivity index (χ1n) is 5.60. The maximum atomic E-state index is 11.9. The highest BCUT2D eigenvalue weighted by molar-refractivity contribution is 9.09. The molecule has 0 radical (unpaired) electrons. The van der Waals surface area contributed by atoms with Crippen LogP contribution in [0.2, 0.25) is 0 Å². The Bertz CT molecular complexity index is 471. The van der Waals surface area contributed by atoms with Gasteiger partial charge in [0.2, 0.25) is 10.0 Å². The second-order valence-corrected chi connectivity index (χ2v) is 7.24. The van der Waals surface area contributed by atoms with Crippen molar-refractivity contribution >= 4 is 26.0 Å². The van der Waals surface area contributed by atoms with E-state index in [1.807, 2.05) is 19.1 Å². The van der Waals surface area contributed by atoms with E-state index in [1.165, 1.54) is 7.05 Å². The van der Waals surface area contributed by atoms with E-state index in [0.29, 0.717) is 4.90 Å². The molecule has 0 saturated carbocycles. The molecule has 5 heteroatoms. The Hall–Kier alpha value is -0.390. The van der Waals surface area contributed by atoms with Gasteiger partial charge in [-0.05, 0) is 31.0 Å². The van der Waals surface area contributed by atoms with Crippen LogP contribution in [-0.2, 0) is 10.0 Å². The van der Waals surface area contributed by atoms with Crippen LogP contribution in [0.4, 0.5) is 0 Å². The van der Waals surface area contributed by atoms with Crippen LogP contribution in [0, 0.1) is 0 Å². The van der Waals surface area contributed by atoms with Crippen molar-refractivity contribution in [1.82, 2.24) is 4.72 Å². The number of halogens is 1. The highest BCUT2D eigenvalue weighted by Gasteiger charge is 2.23. The lowest BCUT2D eigenvalue weighted by Crippen LogP contribution is -2.22. The fraction of sp³-hybridized carbons (Fsp3) is 0.500. The number of hydrogen-bond donors (Lipinski definition) is 1. The van der Waals surface area contributed by atoms with Crippen LogP contribution >= 0.6 is 15.9 Å². The number of hydrogen-bond acceptors (Lipinski definition) is 2. The number of sulfonamides is 1. The molecule has 2 unspecified atom stereocenters. The third-order valence-electron chi connectivity index (χ3n) is 2.87. The van der Waals surface area contributed by atoms with Gasteiger partial charge < -0.3 is 0 Å². The standard InChI is InChI=1S/C12H18BrNO2S/c1-4-10(9(2)13)11-7-5-6-8-12(11)17(15,16)14-3/h5-10,14H,4H2,1-3H3. The zero-order valence-electron chi connectivity index (χ0n) is 10.3. The fourth-order valence-corrected chi connectivity index (χ4v) is 3.60. The molecule has 0 aliphatic heterocycles. The van der Waals surface area contributed by atoms with E-state index in [2.05, 4.69) is 27.6 Å². The van der Waals surface area contributed by atoms with Crippen molar-refractivity contribution < 1.29 is 8.42 Å². The normalized spacial score (nSPS) is 15.5. The Morgan fingerprint density at radius 3 is 2.41 bits per heavy atom. The Labute approximate surface area is 112 Å². The molecule has 0 amide bonds. The smallest absolute Gasteiger partial charge is 0.214 e. The molecule has 0 bridgehead atoms. The lowest BCUT2D eigenvalue weighted by molar-refractivity contribution is 0.581. The van der Waals surface area contributed by atoms with Gasteiger partial charge in [0.15, 0.2) is 0 Å². The largest absolute Gasteiger partial charge is 0.240 e. The first kappa shape index (κ1) is 14.7. The van der Waals surface area contributed by atoms with Gasteiger partial charge >= 0.3 is 0 Å².